The van der Waals surface area contributed by atoms with Gasteiger partial charge in [0.05, 0.1) is 22.2 Å². The molecule has 2 aliphatic rings. The molecule has 0 bridgehead atoms. The number of methoxy groups -OCH3 is 1. The highest BCUT2D eigenvalue weighted by Gasteiger charge is 2.30. The second kappa shape index (κ2) is 12.9. The summed E-state index contributed by atoms with van der Waals surface area (Å²) in [6, 6.07) is 13.4. The molecule has 0 spiro atoms. The first-order chi connectivity index (χ1) is 17.0. The summed E-state index contributed by atoms with van der Waals surface area (Å²) in [7, 11) is 1.62. The lowest BCUT2D eigenvalue weighted by atomic mass is 10.0. The zero-order valence-corrected chi connectivity index (χ0v) is 23.1. The summed E-state index contributed by atoms with van der Waals surface area (Å²) in [6.45, 7) is 0.648. The lowest BCUT2D eigenvalue weighted by Gasteiger charge is -2.29. The maximum absolute atomic E-state index is 13.4. The van der Waals surface area contributed by atoms with Gasteiger partial charge in [-0.1, -0.05) is 49.2 Å². The van der Waals surface area contributed by atoms with Gasteiger partial charge in [-0.25, -0.2) is 0 Å². The van der Waals surface area contributed by atoms with Crippen LogP contribution >= 0.6 is 39.5 Å². The predicted octanol–water partition coefficient (Wildman–Crippen LogP) is 6.51. The smallest absolute Gasteiger partial charge is 0.265 e. The molecule has 2 aromatic rings. The number of ether oxygens (including phenoxy) is 1. The van der Waals surface area contributed by atoms with Crippen LogP contribution in [-0.4, -0.2) is 43.0 Å². The maximum Gasteiger partial charge on any atom is 0.265 e. The molecule has 0 aromatic heterocycles. The fourth-order valence-electron chi connectivity index (χ4n) is 4.32. The van der Waals surface area contributed by atoms with Crippen LogP contribution in [0.25, 0.3) is 6.08 Å². The van der Waals surface area contributed by atoms with Crippen LogP contribution in [0.2, 0.25) is 0 Å². The van der Waals surface area contributed by atoms with Gasteiger partial charge < -0.3 is 10.1 Å². The van der Waals surface area contributed by atoms with Crippen LogP contribution in [0.1, 0.15) is 44.1 Å². The molecule has 1 fully saturated rings. The van der Waals surface area contributed by atoms with Crippen molar-refractivity contribution in [2.45, 2.75) is 48.7 Å². The van der Waals surface area contributed by atoms with Crippen molar-refractivity contribution in [2.24, 2.45) is 0 Å². The van der Waals surface area contributed by atoms with Gasteiger partial charge in [0.15, 0.2) is 0 Å². The van der Waals surface area contributed by atoms with Crippen LogP contribution in [0.3, 0.4) is 0 Å². The van der Waals surface area contributed by atoms with Gasteiger partial charge in [0.1, 0.15) is 12.3 Å². The van der Waals surface area contributed by atoms with Crippen molar-refractivity contribution in [2.75, 3.05) is 30.9 Å². The third kappa shape index (κ3) is 7.08. The summed E-state index contributed by atoms with van der Waals surface area (Å²) in [5.41, 5.74) is 1.66. The number of carbonyl (C=O) groups excluding carboxylic acids is 2. The number of rotatable bonds is 9. The molecular weight excluding hydrogens is 544 g/mol. The van der Waals surface area contributed by atoms with Gasteiger partial charge in [0, 0.05) is 16.7 Å². The van der Waals surface area contributed by atoms with Gasteiger partial charge in [-0.15, -0.1) is 0 Å². The number of carbonyl (C=O) groups is 2. The second-order valence-corrected chi connectivity index (χ2v) is 12.0. The molecule has 0 radical (unpaired) electrons. The Morgan fingerprint density at radius 2 is 2.03 bits per heavy atom. The molecule has 1 aliphatic carbocycles. The van der Waals surface area contributed by atoms with E-state index in [0.29, 0.717) is 11.4 Å². The Hall–Kier alpha value is -1.90. The molecule has 4 rings (SSSR count). The largest absolute Gasteiger partial charge is 0.496 e. The molecule has 1 saturated carbocycles. The van der Waals surface area contributed by atoms with E-state index in [0.717, 1.165) is 43.8 Å². The zero-order valence-electron chi connectivity index (χ0n) is 19.9. The predicted molar refractivity (Wildman–Crippen MR) is 150 cm³/mol. The molecule has 0 atom stereocenters. The van der Waals surface area contributed by atoms with Gasteiger partial charge >= 0.3 is 0 Å². The minimum atomic E-state index is -0.163. The average Bonchev–Trinajstić information content (AvgIpc) is 2.87. The Kier molecular flexibility index (Phi) is 9.63. The summed E-state index contributed by atoms with van der Waals surface area (Å²) in [5, 5.41) is 3.80. The molecule has 2 amide bonds. The summed E-state index contributed by atoms with van der Waals surface area (Å²) >= 11 is 6.98. The fraction of sp³-hybridized carbons (Fsp3) is 0.407. The Labute approximate surface area is 224 Å². The van der Waals surface area contributed by atoms with Crippen molar-refractivity contribution in [1.82, 2.24) is 5.32 Å². The standard InChI is InChI=1S/C27H31BrN2O3S2/c1-33-23-13-12-19(16-21(23)28)17-25-27(32)30(22-10-5-6-11-24(22)35-25)18-26(31)29-14-7-15-34-20-8-3-2-4-9-20/h5-6,10-13,16-17,20H,2-4,7-9,14-15,18H2,1H3,(H,29,31). The highest BCUT2D eigenvalue weighted by Crippen LogP contribution is 2.42. The Morgan fingerprint density at radius 3 is 2.80 bits per heavy atom. The molecule has 5 nitrogen and oxygen atoms in total. The number of hydrogen-bond acceptors (Lipinski definition) is 5. The van der Waals surface area contributed by atoms with Gasteiger partial charge in [0.2, 0.25) is 5.91 Å². The molecule has 8 heteroatoms. The highest BCUT2D eigenvalue weighted by molar-refractivity contribution is 9.10. The first-order valence-electron chi connectivity index (χ1n) is 12.1. The molecule has 186 valence electrons. The van der Waals surface area contributed by atoms with Crippen molar-refractivity contribution in [1.29, 1.82) is 0 Å². The Bertz CT molecular complexity index is 1090. The van der Waals surface area contributed by atoms with Crippen molar-refractivity contribution in [3.63, 3.8) is 0 Å². The highest BCUT2D eigenvalue weighted by atomic mass is 79.9. The normalized spacial score (nSPS) is 17.4. The minimum absolute atomic E-state index is 0.00974. The maximum atomic E-state index is 13.4. The van der Waals surface area contributed by atoms with Crippen LogP contribution < -0.4 is 15.0 Å². The van der Waals surface area contributed by atoms with Gasteiger partial charge in [-0.2, -0.15) is 11.8 Å². The van der Waals surface area contributed by atoms with E-state index < -0.39 is 0 Å². The molecular formula is C27H31BrN2O3S2. The van der Waals surface area contributed by atoms with E-state index in [1.165, 1.54) is 43.9 Å². The first kappa shape index (κ1) is 26.2. The number of halogens is 1. The molecule has 2 aromatic carbocycles. The summed E-state index contributed by atoms with van der Waals surface area (Å²) in [5.74, 6) is 1.51. The first-order valence-corrected chi connectivity index (χ1v) is 14.7. The monoisotopic (exact) mass is 574 g/mol. The lowest BCUT2D eigenvalue weighted by Crippen LogP contribution is -2.43. The number of benzene rings is 2. The third-order valence-corrected chi connectivity index (χ3v) is 9.32. The van der Waals surface area contributed by atoms with E-state index in [1.54, 1.807) is 12.0 Å². The topological polar surface area (TPSA) is 58.6 Å². The van der Waals surface area contributed by atoms with E-state index in [1.807, 2.05) is 60.3 Å². The SMILES string of the molecule is COc1ccc(C=C2Sc3ccccc3N(CC(=O)NCCCSC3CCCCC3)C2=O)cc1Br. The second-order valence-electron chi connectivity index (χ2n) is 8.70. The quantitative estimate of drug-likeness (QED) is 0.273. The molecule has 1 heterocycles. The van der Waals surface area contributed by atoms with Crippen LogP contribution in [0.5, 0.6) is 5.75 Å². The van der Waals surface area contributed by atoms with Crippen molar-refractivity contribution >= 4 is 63.0 Å². The number of fused-ring (bicyclic) bond motifs is 1. The van der Waals surface area contributed by atoms with Gasteiger partial charge in [0.25, 0.3) is 5.91 Å². The summed E-state index contributed by atoms with van der Waals surface area (Å²) < 4.78 is 6.12. The number of nitrogens with one attached hydrogen (secondary N) is 1. The molecule has 1 aliphatic heterocycles. The van der Waals surface area contributed by atoms with E-state index in [4.69, 9.17) is 4.74 Å². The summed E-state index contributed by atoms with van der Waals surface area (Å²) in [6.07, 6.45) is 9.54. The molecule has 1 N–H and O–H groups in total. The number of hydrogen-bond donors (Lipinski definition) is 1. The van der Waals surface area contributed by atoms with E-state index in [2.05, 4.69) is 21.2 Å². The Morgan fingerprint density at radius 1 is 1.23 bits per heavy atom. The number of thioether (sulfide) groups is 2. The average molecular weight is 576 g/mol. The fourth-order valence-corrected chi connectivity index (χ4v) is 7.25. The molecule has 0 saturated heterocycles. The van der Waals surface area contributed by atoms with Gasteiger partial charge in [-0.3, -0.25) is 14.5 Å². The van der Waals surface area contributed by atoms with Crippen LogP contribution in [0.15, 0.2) is 56.7 Å². The van der Waals surface area contributed by atoms with Crippen LogP contribution in [-0.2, 0) is 9.59 Å². The number of amides is 2. The van der Waals surface area contributed by atoms with E-state index >= 15 is 0 Å². The van der Waals surface area contributed by atoms with E-state index in [-0.39, 0.29) is 18.4 Å². The molecule has 35 heavy (non-hydrogen) atoms. The van der Waals surface area contributed by atoms with Crippen LogP contribution in [0, 0.1) is 0 Å². The third-order valence-electron chi connectivity index (χ3n) is 6.16. The lowest BCUT2D eigenvalue weighted by molar-refractivity contribution is -0.122. The number of nitrogens with zero attached hydrogens (tertiary/aromatic N) is 1. The van der Waals surface area contributed by atoms with E-state index in [9.17, 15) is 9.59 Å². The van der Waals surface area contributed by atoms with Crippen molar-refractivity contribution in [3.05, 3.63) is 57.4 Å². The van der Waals surface area contributed by atoms with Crippen molar-refractivity contribution in [3.8, 4) is 5.75 Å². The van der Waals surface area contributed by atoms with Crippen molar-refractivity contribution < 1.29 is 14.3 Å². The summed E-state index contributed by atoms with van der Waals surface area (Å²) in [4.78, 5) is 29.3. The minimum Gasteiger partial charge on any atom is -0.496 e. The number of anilines is 1. The van der Waals surface area contributed by atoms with Crippen LogP contribution in [0.4, 0.5) is 5.69 Å². The Balaban J connectivity index is 1.38. The number of para-hydroxylation sites is 1. The molecule has 0 unspecified atom stereocenters. The zero-order chi connectivity index (χ0) is 24.6. The van der Waals surface area contributed by atoms with Gasteiger partial charge in [-0.05, 0) is 76.9 Å².